The molecule has 2 heterocycles. The number of fused-ring (bicyclic) bond motifs is 7. The van der Waals surface area contributed by atoms with Crippen molar-refractivity contribution >= 4 is 43.4 Å². The highest BCUT2D eigenvalue weighted by Crippen LogP contribution is 2.40. The summed E-state index contributed by atoms with van der Waals surface area (Å²) in [6, 6.07) is 67.1. The Bertz CT molecular complexity index is 3270. The molecule has 0 saturated carbocycles. The van der Waals surface area contributed by atoms with Gasteiger partial charge in [0.25, 0.3) is 0 Å². The minimum Gasteiger partial charge on any atom is -0.435 e. The Kier molecular flexibility index (Phi) is 7.74. The Morgan fingerprint density at radius 1 is 0.316 bits per heavy atom. The molecule has 0 atom stereocenters. The second-order valence-electron chi connectivity index (χ2n) is 14.2. The van der Waals surface area contributed by atoms with Crippen LogP contribution in [0.5, 0.6) is 0 Å². The fraction of sp³-hybridized carbons (Fsp3) is 0. The summed E-state index contributed by atoms with van der Waals surface area (Å²) < 4.78 is 6.56. The number of oxazole rings is 1. The van der Waals surface area contributed by atoms with E-state index >= 15 is 0 Å². The molecule has 0 amide bonds. The van der Waals surface area contributed by atoms with Crippen molar-refractivity contribution < 1.29 is 4.42 Å². The van der Waals surface area contributed by atoms with Crippen LogP contribution in [-0.4, -0.2) is 19.9 Å². The fourth-order valence-corrected chi connectivity index (χ4v) is 7.94. The minimum atomic E-state index is 0.607. The van der Waals surface area contributed by atoms with Crippen LogP contribution in [0.4, 0.5) is 0 Å². The molecule has 9 aromatic carbocycles. The topological polar surface area (TPSA) is 64.7 Å². The maximum Gasteiger partial charge on any atom is 0.227 e. The second kappa shape index (κ2) is 13.5. The van der Waals surface area contributed by atoms with Crippen LogP contribution in [0.1, 0.15) is 0 Å². The highest BCUT2D eigenvalue weighted by atomic mass is 16.3. The van der Waals surface area contributed by atoms with Gasteiger partial charge in [-0.2, -0.15) is 0 Å². The van der Waals surface area contributed by atoms with Crippen molar-refractivity contribution in [3.63, 3.8) is 0 Å². The Morgan fingerprint density at radius 3 is 1.56 bits per heavy atom. The number of aromatic nitrogens is 4. The van der Waals surface area contributed by atoms with Crippen LogP contribution >= 0.6 is 0 Å². The third kappa shape index (κ3) is 5.81. The molecule has 266 valence electrons. The second-order valence-corrected chi connectivity index (χ2v) is 14.2. The molecule has 0 aliphatic heterocycles. The zero-order valence-electron chi connectivity index (χ0n) is 30.7. The van der Waals surface area contributed by atoms with Crippen molar-refractivity contribution in [3.05, 3.63) is 194 Å². The maximum atomic E-state index is 6.56. The molecule has 11 aromatic rings. The summed E-state index contributed by atoms with van der Waals surface area (Å²) in [6.45, 7) is 0. The van der Waals surface area contributed by atoms with Gasteiger partial charge in [0.15, 0.2) is 23.1 Å². The van der Waals surface area contributed by atoms with Crippen molar-refractivity contribution in [1.29, 1.82) is 0 Å². The average molecular weight is 729 g/mol. The van der Waals surface area contributed by atoms with Crippen LogP contribution in [0.25, 0.3) is 111 Å². The Labute approximate surface area is 328 Å². The summed E-state index contributed by atoms with van der Waals surface area (Å²) in [5.41, 5.74) is 9.76. The van der Waals surface area contributed by atoms with Gasteiger partial charge < -0.3 is 4.42 Å². The number of hydrogen-bond donors (Lipinski definition) is 0. The molecule has 0 spiro atoms. The highest BCUT2D eigenvalue weighted by molar-refractivity contribution is 6.26. The molecule has 0 aliphatic carbocycles. The smallest absolute Gasteiger partial charge is 0.227 e. The molecule has 0 bridgehead atoms. The predicted octanol–water partition coefficient (Wildman–Crippen LogP) is 13.5. The van der Waals surface area contributed by atoms with Gasteiger partial charge in [0.1, 0.15) is 5.52 Å². The largest absolute Gasteiger partial charge is 0.435 e. The summed E-state index contributed by atoms with van der Waals surface area (Å²) in [6.07, 6.45) is 0. The van der Waals surface area contributed by atoms with E-state index in [0.717, 1.165) is 87.9 Å². The fourth-order valence-electron chi connectivity index (χ4n) is 7.94. The first-order chi connectivity index (χ1) is 28.2. The van der Waals surface area contributed by atoms with Crippen LogP contribution < -0.4 is 0 Å². The Hall–Kier alpha value is -7.76. The van der Waals surface area contributed by atoms with Gasteiger partial charge >= 0.3 is 0 Å². The molecule has 11 rings (SSSR count). The van der Waals surface area contributed by atoms with E-state index in [2.05, 4.69) is 115 Å². The Balaban J connectivity index is 1.10. The lowest BCUT2D eigenvalue weighted by molar-refractivity contribution is 0.623. The molecular formula is C52H32N4O. The van der Waals surface area contributed by atoms with E-state index in [1.54, 1.807) is 0 Å². The molecule has 5 heteroatoms. The first-order valence-electron chi connectivity index (χ1n) is 19.0. The van der Waals surface area contributed by atoms with Crippen molar-refractivity contribution in [2.24, 2.45) is 0 Å². The van der Waals surface area contributed by atoms with E-state index in [1.165, 1.54) is 0 Å². The van der Waals surface area contributed by atoms with E-state index in [-0.39, 0.29) is 0 Å². The highest BCUT2D eigenvalue weighted by Gasteiger charge is 2.19. The third-order valence-electron chi connectivity index (χ3n) is 10.7. The standard InChI is InChI=1S/C52H32N4O/c1-5-13-33(14-6-1)39-25-29-43(44(32-39)34-15-7-2-8-16-34)51-55-49(37-17-9-3-10-18-37)54-50(56-51)41-26-28-42-40(31-41)24-23-35-21-22-36-27-30-45-48(47(36)46(35)42)57-52(53-45)38-19-11-4-12-20-38/h1-32H. The summed E-state index contributed by atoms with van der Waals surface area (Å²) >= 11 is 0. The molecule has 5 nitrogen and oxygen atoms in total. The van der Waals surface area contributed by atoms with Crippen LogP contribution in [0, 0.1) is 0 Å². The van der Waals surface area contributed by atoms with E-state index in [9.17, 15) is 0 Å². The van der Waals surface area contributed by atoms with Gasteiger partial charge in [-0.3, -0.25) is 0 Å². The number of rotatable bonds is 6. The molecule has 0 aliphatic rings. The quantitative estimate of drug-likeness (QED) is 0.160. The van der Waals surface area contributed by atoms with E-state index in [0.29, 0.717) is 23.4 Å². The molecular weight excluding hydrogens is 697 g/mol. The lowest BCUT2D eigenvalue weighted by Gasteiger charge is -2.14. The van der Waals surface area contributed by atoms with E-state index in [1.807, 2.05) is 78.9 Å². The molecule has 2 aromatic heterocycles. The first kappa shape index (κ1) is 32.7. The van der Waals surface area contributed by atoms with Crippen molar-refractivity contribution in [3.8, 4) is 67.9 Å². The zero-order chi connectivity index (χ0) is 37.7. The Morgan fingerprint density at radius 2 is 0.860 bits per heavy atom. The normalized spacial score (nSPS) is 11.5. The molecule has 0 saturated heterocycles. The van der Waals surface area contributed by atoms with Gasteiger partial charge in [-0.25, -0.2) is 19.9 Å². The minimum absolute atomic E-state index is 0.607. The monoisotopic (exact) mass is 728 g/mol. The van der Waals surface area contributed by atoms with Gasteiger partial charge in [0, 0.05) is 33.0 Å². The van der Waals surface area contributed by atoms with Gasteiger partial charge in [-0.15, -0.1) is 0 Å². The number of hydrogen-bond acceptors (Lipinski definition) is 5. The van der Waals surface area contributed by atoms with Crippen LogP contribution in [0.15, 0.2) is 199 Å². The van der Waals surface area contributed by atoms with Crippen LogP contribution in [-0.2, 0) is 0 Å². The summed E-state index contributed by atoms with van der Waals surface area (Å²) in [5, 5.41) is 6.61. The molecule has 0 N–H and O–H groups in total. The zero-order valence-corrected chi connectivity index (χ0v) is 30.7. The lowest BCUT2D eigenvalue weighted by atomic mass is 9.94. The molecule has 57 heavy (non-hydrogen) atoms. The SMILES string of the molecule is c1ccc(-c2ccc(-c3nc(-c4ccccc4)nc(-c4ccc5c(ccc6ccc7ccc8nc(-c9ccccc9)oc8c7c65)c4)n3)c(-c3ccccc3)c2)cc1. The van der Waals surface area contributed by atoms with E-state index < -0.39 is 0 Å². The number of nitrogens with zero attached hydrogens (tertiary/aromatic N) is 4. The van der Waals surface area contributed by atoms with Crippen molar-refractivity contribution in [1.82, 2.24) is 19.9 Å². The van der Waals surface area contributed by atoms with Gasteiger partial charge in [-0.1, -0.05) is 158 Å². The van der Waals surface area contributed by atoms with E-state index in [4.69, 9.17) is 24.4 Å². The summed E-state index contributed by atoms with van der Waals surface area (Å²) in [5.74, 6) is 2.45. The van der Waals surface area contributed by atoms with Crippen LogP contribution in [0.2, 0.25) is 0 Å². The molecule has 0 unspecified atom stereocenters. The number of benzene rings is 9. The first-order valence-corrected chi connectivity index (χ1v) is 19.0. The average Bonchev–Trinajstić information content (AvgIpc) is 3.74. The van der Waals surface area contributed by atoms with Crippen LogP contribution in [0.3, 0.4) is 0 Å². The van der Waals surface area contributed by atoms with Gasteiger partial charge in [0.05, 0.1) is 0 Å². The predicted molar refractivity (Wildman–Crippen MR) is 233 cm³/mol. The third-order valence-corrected chi connectivity index (χ3v) is 10.7. The summed E-state index contributed by atoms with van der Waals surface area (Å²) in [4.78, 5) is 20.4. The lowest BCUT2D eigenvalue weighted by Crippen LogP contribution is -2.01. The van der Waals surface area contributed by atoms with Crippen molar-refractivity contribution in [2.45, 2.75) is 0 Å². The van der Waals surface area contributed by atoms with Crippen molar-refractivity contribution in [2.75, 3.05) is 0 Å². The summed E-state index contributed by atoms with van der Waals surface area (Å²) in [7, 11) is 0. The maximum absolute atomic E-state index is 6.56. The van der Waals surface area contributed by atoms with Gasteiger partial charge in [-0.05, 0) is 80.2 Å². The van der Waals surface area contributed by atoms with Gasteiger partial charge in [0.2, 0.25) is 5.89 Å². The molecule has 0 fully saturated rings. The molecule has 0 radical (unpaired) electrons.